The Hall–Kier alpha value is -1.72. The van der Waals surface area contributed by atoms with Crippen molar-refractivity contribution in [3.8, 4) is 11.5 Å². The summed E-state index contributed by atoms with van der Waals surface area (Å²) >= 11 is 0. The number of nitrogens with two attached hydrogens (primary N) is 1. The van der Waals surface area contributed by atoms with Crippen LogP contribution >= 0.6 is 0 Å². The van der Waals surface area contributed by atoms with Crippen LogP contribution in [0.2, 0.25) is 0 Å². The highest BCUT2D eigenvalue weighted by Crippen LogP contribution is 2.25. The zero-order valence-electron chi connectivity index (χ0n) is 12.1. The molecular weight excluding hydrogens is 269 g/mol. The molecule has 2 heterocycles. The summed E-state index contributed by atoms with van der Waals surface area (Å²) in [5.74, 6) is 0.847. The Balaban J connectivity index is 1.69. The number of rotatable bonds is 4. The molecule has 4 nitrogen and oxygen atoms in total. The summed E-state index contributed by atoms with van der Waals surface area (Å²) in [7, 11) is 0. The number of aromatic nitrogens is 1. The summed E-state index contributed by atoms with van der Waals surface area (Å²) in [5.41, 5.74) is 7.44. The van der Waals surface area contributed by atoms with Crippen molar-refractivity contribution in [1.29, 1.82) is 0 Å². The Labute approximate surface area is 123 Å². The maximum absolute atomic E-state index is 12.9. The molecule has 0 amide bonds. The SMILES string of the molecule is CC1CC(CN)CN1Cc1coc(-c2ccc(F)cc2)n1. The van der Waals surface area contributed by atoms with Crippen molar-refractivity contribution < 1.29 is 8.81 Å². The standard InChI is InChI=1S/C16H20FN3O/c1-11-6-12(7-18)8-20(11)9-15-10-21-16(19-15)13-2-4-14(17)5-3-13/h2-5,10-12H,6-9,18H2,1H3. The molecule has 1 aliphatic heterocycles. The molecule has 0 bridgehead atoms. The van der Waals surface area contributed by atoms with Crippen molar-refractivity contribution in [2.24, 2.45) is 11.7 Å². The molecule has 0 radical (unpaired) electrons. The lowest BCUT2D eigenvalue weighted by Gasteiger charge is -2.19. The fraction of sp³-hybridized carbons (Fsp3) is 0.438. The lowest BCUT2D eigenvalue weighted by molar-refractivity contribution is 0.252. The van der Waals surface area contributed by atoms with Crippen molar-refractivity contribution in [3.63, 3.8) is 0 Å². The smallest absolute Gasteiger partial charge is 0.226 e. The zero-order chi connectivity index (χ0) is 14.8. The van der Waals surface area contributed by atoms with Crippen molar-refractivity contribution in [2.45, 2.75) is 25.9 Å². The van der Waals surface area contributed by atoms with E-state index in [4.69, 9.17) is 10.2 Å². The fourth-order valence-electron chi connectivity index (χ4n) is 2.92. The Morgan fingerprint density at radius 1 is 1.38 bits per heavy atom. The molecule has 1 aliphatic rings. The molecule has 1 fully saturated rings. The Morgan fingerprint density at radius 3 is 2.81 bits per heavy atom. The van der Waals surface area contributed by atoms with Gasteiger partial charge >= 0.3 is 0 Å². The van der Waals surface area contributed by atoms with Crippen molar-refractivity contribution in [1.82, 2.24) is 9.88 Å². The van der Waals surface area contributed by atoms with Crippen LogP contribution in [0.5, 0.6) is 0 Å². The fourth-order valence-corrected chi connectivity index (χ4v) is 2.92. The van der Waals surface area contributed by atoms with E-state index in [0.29, 0.717) is 17.9 Å². The number of likely N-dealkylation sites (tertiary alicyclic amines) is 1. The summed E-state index contributed by atoms with van der Waals surface area (Å²) in [6.45, 7) is 4.73. The summed E-state index contributed by atoms with van der Waals surface area (Å²) in [6.07, 6.45) is 2.82. The Morgan fingerprint density at radius 2 is 2.14 bits per heavy atom. The minimum absolute atomic E-state index is 0.260. The van der Waals surface area contributed by atoms with Crippen LogP contribution in [0.4, 0.5) is 4.39 Å². The van der Waals surface area contributed by atoms with Gasteiger partial charge in [0.15, 0.2) is 0 Å². The van der Waals surface area contributed by atoms with Crippen LogP contribution in [-0.4, -0.2) is 29.0 Å². The summed E-state index contributed by atoms with van der Waals surface area (Å²) in [6, 6.07) is 6.69. The van der Waals surface area contributed by atoms with Crippen LogP contribution in [-0.2, 0) is 6.54 Å². The predicted octanol–water partition coefficient (Wildman–Crippen LogP) is 2.65. The number of hydrogen-bond acceptors (Lipinski definition) is 4. The number of nitrogens with zero attached hydrogens (tertiary/aromatic N) is 2. The average molecular weight is 289 g/mol. The molecule has 0 saturated carbocycles. The Bertz CT molecular complexity index is 596. The molecule has 2 aromatic rings. The third kappa shape index (κ3) is 3.14. The van der Waals surface area contributed by atoms with Gasteiger partial charge in [-0.15, -0.1) is 0 Å². The third-order valence-corrected chi connectivity index (χ3v) is 4.13. The van der Waals surface area contributed by atoms with Gasteiger partial charge in [-0.1, -0.05) is 0 Å². The number of hydrogen-bond donors (Lipinski definition) is 1. The van der Waals surface area contributed by atoms with Gasteiger partial charge in [-0.2, -0.15) is 0 Å². The number of halogens is 1. The molecule has 21 heavy (non-hydrogen) atoms. The third-order valence-electron chi connectivity index (χ3n) is 4.13. The van der Waals surface area contributed by atoms with Gasteiger partial charge in [-0.3, -0.25) is 4.90 Å². The van der Waals surface area contributed by atoms with Crippen LogP contribution in [0, 0.1) is 11.7 Å². The van der Waals surface area contributed by atoms with Gasteiger partial charge < -0.3 is 10.2 Å². The van der Waals surface area contributed by atoms with Crippen LogP contribution in [0.25, 0.3) is 11.5 Å². The van der Waals surface area contributed by atoms with E-state index < -0.39 is 0 Å². The first kappa shape index (κ1) is 14.2. The molecule has 1 aromatic carbocycles. The Kier molecular flexibility index (Phi) is 4.03. The minimum atomic E-state index is -0.260. The van der Waals surface area contributed by atoms with Gasteiger partial charge in [-0.05, 0) is 50.1 Å². The van der Waals surface area contributed by atoms with Crippen LogP contribution < -0.4 is 5.73 Å². The molecule has 2 unspecified atom stereocenters. The van der Waals surface area contributed by atoms with Crippen LogP contribution in [0.1, 0.15) is 19.0 Å². The first-order valence-electron chi connectivity index (χ1n) is 7.30. The largest absolute Gasteiger partial charge is 0.444 e. The van der Waals surface area contributed by atoms with E-state index in [0.717, 1.165) is 37.3 Å². The maximum atomic E-state index is 12.9. The summed E-state index contributed by atoms with van der Waals surface area (Å²) in [5, 5.41) is 0. The predicted molar refractivity (Wildman–Crippen MR) is 78.9 cm³/mol. The second-order valence-electron chi connectivity index (χ2n) is 5.77. The van der Waals surface area contributed by atoms with E-state index in [1.807, 2.05) is 0 Å². The van der Waals surface area contributed by atoms with Crippen molar-refractivity contribution in [3.05, 3.63) is 42.0 Å². The highest BCUT2D eigenvalue weighted by molar-refractivity contribution is 5.52. The topological polar surface area (TPSA) is 55.3 Å². The van der Waals surface area contributed by atoms with E-state index in [2.05, 4.69) is 16.8 Å². The van der Waals surface area contributed by atoms with Crippen LogP contribution in [0.3, 0.4) is 0 Å². The second-order valence-corrected chi connectivity index (χ2v) is 5.77. The van der Waals surface area contributed by atoms with E-state index >= 15 is 0 Å². The first-order valence-corrected chi connectivity index (χ1v) is 7.30. The van der Waals surface area contributed by atoms with E-state index in [-0.39, 0.29) is 5.82 Å². The van der Waals surface area contributed by atoms with Gasteiger partial charge in [0, 0.05) is 24.7 Å². The molecule has 3 rings (SSSR count). The highest BCUT2D eigenvalue weighted by atomic mass is 19.1. The maximum Gasteiger partial charge on any atom is 0.226 e. The molecule has 0 spiro atoms. The molecular formula is C16H20FN3O. The van der Waals surface area contributed by atoms with Crippen molar-refractivity contribution >= 4 is 0 Å². The lowest BCUT2D eigenvalue weighted by Crippen LogP contribution is -2.27. The average Bonchev–Trinajstić information content (AvgIpc) is 3.08. The lowest BCUT2D eigenvalue weighted by atomic mass is 10.1. The normalized spacial score (nSPS) is 22.8. The molecule has 2 N–H and O–H groups in total. The molecule has 1 saturated heterocycles. The van der Waals surface area contributed by atoms with Gasteiger partial charge in [0.1, 0.15) is 12.1 Å². The molecule has 2 atom stereocenters. The summed E-state index contributed by atoms with van der Waals surface area (Å²) in [4.78, 5) is 6.88. The number of benzene rings is 1. The molecule has 0 aliphatic carbocycles. The van der Waals surface area contributed by atoms with E-state index in [9.17, 15) is 4.39 Å². The van der Waals surface area contributed by atoms with Gasteiger partial charge in [-0.25, -0.2) is 9.37 Å². The van der Waals surface area contributed by atoms with Gasteiger partial charge in [0.25, 0.3) is 0 Å². The van der Waals surface area contributed by atoms with Crippen molar-refractivity contribution in [2.75, 3.05) is 13.1 Å². The first-order chi connectivity index (χ1) is 10.2. The molecule has 112 valence electrons. The van der Waals surface area contributed by atoms with Crippen LogP contribution in [0.15, 0.2) is 34.9 Å². The second kappa shape index (κ2) is 5.95. The monoisotopic (exact) mass is 289 g/mol. The molecule has 1 aromatic heterocycles. The molecule has 5 heteroatoms. The van der Waals surface area contributed by atoms with E-state index in [1.165, 1.54) is 12.1 Å². The van der Waals surface area contributed by atoms with Gasteiger partial charge in [0.2, 0.25) is 5.89 Å². The zero-order valence-corrected chi connectivity index (χ0v) is 12.1. The number of oxazole rings is 1. The van der Waals surface area contributed by atoms with Gasteiger partial charge in [0.05, 0.1) is 5.69 Å². The minimum Gasteiger partial charge on any atom is -0.444 e. The quantitative estimate of drug-likeness (QED) is 0.940. The summed E-state index contributed by atoms with van der Waals surface area (Å²) < 4.78 is 18.4. The highest BCUT2D eigenvalue weighted by Gasteiger charge is 2.28. The van der Waals surface area contributed by atoms with E-state index in [1.54, 1.807) is 18.4 Å².